The minimum atomic E-state index is -0.416. The molecule has 0 aromatic heterocycles. The van der Waals surface area contributed by atoms with Crippen LogP contribution in [-0.4, -0.2) is 37.5 Å². The van der Waals surface area contributed by atoms with Crippen molar-refractivity contribution in [3.63, 3.8) is 0 Å². The number of esters is 1. The van der Waals surface area contributed by atoms with E-state index in [1.807, 2.05) is 6.92 Å². The monoisotopic (exact) mass is 305 g/mol. The van der Waals surface area contributed by atoms with Crippen LogP contribution in [0.15, 0.2) is 29.4 Å². The number of benzene rings is 1. The molecule has 2 rings (SSSR count). The van der Waals surface area contributed by atoms with Crippen LogP contribution in [0.1, 0.15) is 30.1 Å². The number of ether oxygens (including phenoxy) is 1. The summed E-state index contributed by atoms with van der Waals surface area (Å²) < 4.78 is 4.61. The Kier molecular flexibility index (Phi) is 5.35. The van der Waals surface area contributed by atoms with E-state index in [0.717, 1.165) is 18.6 Å². The van der Waals surface area contributed by atoms with Gasteiger partial charge in [0.2, 0.25) is 0 Å². The van der Waals surface area contributed by atoms with Crippen molar-refractivity contribution in [1.29, 1.82) is 0 Å². The van der Waals surface area contributed by atoms with Crippen LogP contribution in [0, 0.1) is 0 Å². The molecule has 0 fully saturated rings. The van der Waals surface area contributed by atoms with E-state index in [0.29, 0.717) is 17.8 Å². The average molecular weight is 305 g/mol. The van der Waals surface area contributed by atoms with Crippen molar-refractivity contribution >= 4 is 23.4 Å². The summed E-state index contributed by atoms with van der Waals surface area (Å²) in [5.41, 5.74) is 2.02. The molecule has 2 amide bonds. The van der Waals surface area contributed by atoms with Gasteiger partial charge in [-0.2, -0.15) is 0 Å². The first-order chi connectivity index (χ1) is 10.6. The van der Waals surface area contributed by atoms with Crippen LogP contribution in [-0.2, 0) is 9.57 Å². The smallest absolute Gasteiger partial charge is 0.337 e. The number of methoxy groups -OCH3 is 1. The summed E-state index contributed by atoms with van der Waals surface area (Å²) in [7, 11) is 1.32. The average Bonchev–Trinajstić information content (AvgIpc) is 3.01. The fourth-order valence-electron chi connectivity index (χ4n) is 1.99. The summed E-state index contributed by atoms with van der Waals surface area (Å²) >= 11 is 0. The third-order valence-electron chi connectivity index (χ3n) is 3.26. The van der Waals surface area contributed by atoms with E-state index < -0.39 is 5.97 Å². The molecule has 1 aromatic carbocycles. The highest BCUT2D eigenvalue weighted by molar-refractivity contribution is 5.92. The number of carbonyl (C=O) groups is 2. The second-order valence-electron chi connectivity index (χ2n) is 4.85. The molecule has 0 spiro atoms. The van der Waals surface area contributed by atoms with Crippen molar-refractivity contribution in [2.45, 2.75) is 25.9 Å². The van der Waals surface area contributed by atoms with Gasteiger partial charge < -0.3 is 20.2 Å². The van der Waals surface area contributed by atoms with Gasteiger partial charge in [0, 0.05) is 12.1 Å². The molecule has 0 saturated carbocycles. The van der Waals surface area contributed by atoms with Crippen LogP contribution >= 0.6 is 0 Å². The summed E-state index contributed by atoms with van der Waals surface area (Å²) in [5, 5.41) is 9.34. The fourth-order valence-corrected chi connectivity index (χ4v) is 1.99. The summed E-state index contributed by atoms with van der Waals surface area (Å²) in [5.74, 6) is -0.416. The highest BCUT2D eigenvalue weighted by Crippen LogP contribution is 2.12. The minimum Gasteiger partial charge on any atom is -0.465 e. The van der Waals surface area contributed by atoms with Gasteiger partial charge >= 0.3 is 12.0 Å². The molecule has 22 heavy (non-hydrogen) atoms. The number of anilines is 1. The van der Waals surface area contributed by atoms with Gasteiger partial charge in [0.15, 0.2) is 0 Å². The topological polar surface area (TPSA) is 89.0 Å². The lowest BCUT2D eigenvalue weighted by Crippen LogP contribution is -2.35. The van der Waals surface area contributed by atoms with E-state index in [9.17, 15) is 9.59 Å². The number of urea groups is 1. The second kappa shape index (κ2) is 7.44. The lowest BCUT2D eigenvalue weighted by atomic mass is 10.1. The number of rotatable bonds is 5. The van der Waals surface area contributed by atoms with E-state index >= 15 is 0 Å². The van der Waals surface area contributed by atoms with Crippen molar-refractivity contribution < 1.29 is 19.2 Å². The molecule has 0 unspecified atom stereocenters. The zero-order chi connectivity index (χ0) is 15.9. The molecule has 7 nitrogen and oxygen atoms in total. The fraction of sp³-hybridized carbons (Fsp3) is 0.400. The van der Waals surface area contributed by atoms with E-state index in [1.54, 1.807) is 24.3 Å². The third kappa shape index (κ3) is 4.21. The van der Waals surface area contributed by atoms with E-state index in [-0.39, 0.29) is 12.1 Å². The van der Waals surface area contributed by atoms with Crippen LogP contribution in [0.5, 0.6) is 0 Å². The first-order valence-electron chi connectivity index (χ1n) is 7.07. The second-order valence-corrected chi connectivity index (χ2v) is 4.85. The van der Waals surface area contributed by atoms with Crippen LogP contribution in [0.25, 0.3) is 0 Å². The van der Waals surface area contributed by atoms with Crippen LogP contribution in [0.3, 0.4) is 0 Å². The molecule has 1 heterocycles. The lowest BCUT2D eigenvalue weighted by Gasteiger charge is -2.11. The van der Waals surface area contributed by atoms with Crippen LogP contribution in [0.4, 0.5) is 10.5 Å². The Labute approximate surface area is 128 Å². The van der Waals surface area contributed by atoms with Crippen molar-refractivity contribution in [2.24, 2.45) is 5.16 Å². The summed E-state index contributed by atoms with van der Waals surface area (Å²) in [4.78, 5) is 28.3. The molecule has 1 aromatic rings. The standard InChI is InChI=1S/C15H19N3O4/c1-3-11-8-13(22-18-11)9-16-15(20)17-12-6-4-10(5-7-12)14(19)21-2/h4-7,13H,3,8-9H2,1-2H3,(H2,16,17,20)/t13-/m0/s1. The Morgan fingerprint density at radius 3 is 2.68 bits per heavy atom. The van der Waals surface area contributed by atoms with Crippen molar-refractivity contribution in [3.8, 4) is 0 Å². The molecule has 1 aliphatic heterocycles. The largest absolute Gasteiger partial charge is 0.465 e. The molecule has 1 atom stereocenters. The van der Waals surface area contributed by atoms with Gasteiger partial charge in [0.1, 0.15) is 6.10 Å². The number of nitrogens with one attached hydrogen (secondary N) is 2. The Bertz CT molecular complexity index is 569. The van der Waals surface area contributed by atoms with Gasteiger partial charge in [-0.1, -0.05) is 12.1 Å². The Morgan fingerprint density at radius 1 is 1.36 bits per heavy atom. The quantitative estimate of drug-likeness (QED) is 0.816. The number of nitrogens with zero attached hydrogens (tertiary/aromatic N) is 1. The first-order valence-corrected chi connectivity index (χ1v) is 7.07. The zero-order valence-electron chi connectivity index (χ0n) is 12.6. The predicted octanol–water partition coefficient (Wildman–Crippen LogP) is 2.15. The van der Waals surface area contributed by atoms with E-state index in [4.69, 9.17) is 4.84 Å². The van der Waals surface area contributed by atoms with Gasteiger partial charge in [-0.3, -0.25) is 0 Å². The van der Waals surface area contributed by atoms with Crippen molar-refractivity contribution in [1.82, 2.24) is 5.32 Å². The number of hydrogen-bond donors (Lipinski definition) is 2. The highest BCUT2D eigenvalue weighted by Gasteiger charge is 2.20. The maximum absolute atomic E-state index is 11.8. The molecule has 0 radical (unpaired) electrons. The Hall–Kier alpha value is -2.57. The molecular formula is C15H19N3O4. The summed E-state index contributed by atoms with van der Waals surface area (Å²) in [6.07, 6.45) is 1.49. The third-order valence-corrected chi connectivity index (χ3v) is 3.26. The number of carbonyl (C=O) groups excluding carboxylic acids is 2. The molecule has 2 N–H and O–H groups in total. The maximum Gasteiger partial charge on any atom is 0.337 e. The van der Waals surface area contributed by atoms with Crippen LogP contribution in [0.2, 0.25) is 0 Å². The SMILES string of the molecule is CCC1=NO[C@H](CNC(=O)Nc2ccc(C(=O)OC)cc2)C1. The summed E-state index contributed by atoms with van der Waals surface area (Å²) in [6.45, 7) is 2.40. The number of oxime groups is 1. The molecular weight excluding hydrogens is 286 g/mol. The van der Waals surface area contributed by atoms with Gasteiger partial charge in [0.05, 0.1) is 24.9 Å². The molecule has 1 aliphatic rings. The van der Waals surface area contributed by atoms with E-state index in [2.05, 4.69) is 20.5 Å². The van der Waals surface area contributed by atoms with Gasteiger partial charge in [-0.05, 0) is 30.7 Å². The zero-order valence-corrected chi connectivity index (χ0v) is 12.6. The molecule has 7 heteroatoms. The number of hydrogen-bond acceptors (Lipinski definition) is 5. The number of amides is 2. The minimum absolute atomic E-state index is 0.109. The maximum atomic E-state index is 11.8. The normalized spacial score (nSPS) is 16.5. The van der Waals surface area contributed by atoms with Gasteiger partial charge in [-0.15, -0.1) is 0 Å². The van der Waals surface area contributed by atoms with Gasteiger partial charge in [-0.25, -0.2) is 9.59 Å². The molecule has 0 aliphatic carbocycles. The Morgan fingerprint density at radius 2 is 2.09 bits per heavy atom. The Balaban J connectivity index is 1.76. The lowest BCUT2D eigenvalue weighted by molar-refractivity contribution is 0.0600. The highest BCUT2D eigenvalue weighted by atomic mass is 16.6. The molecule has 0 bridgehead atoms. The van der Waals surface area contributed by atoms with Crippen molar-refractivity contribution in [3.05, 3.63) is 29.8 Å². The summed E-state index contributed by atoms with van der Waals surface area (Å²) in [6, 6.07) is 6.11. The van der Waals surface area contributed by atoms with Crippen molar-refractivity contribution in [2.75, 3.05) is 19.0 Å². The first kappa shape index (κ1) is 15.8. The van der Waals surface area contributed by atoms with E-state index in [1.165, 1.54) is 7.11 Å². The van der Waals surface area contributed by atoms with Gasteiger partial charge in [0.25, 0.3) is 0 Å². The van der Waals surface area contributed by atoms with Crippen LogP contribution < -0.4 is 10.6 Å². The molecule has 0 saturated heterocycles. The predicted molar refractivity (Wildman–Crippen MR) is 82.0 cm³/mol. The molecule has 118 valence electrons.